The average Bonchev–Trinajstić information content (AvgIpc) is 2.82. The Kier molecular flexibility index (Phi) is 3.84. The zero-order valence-electron chi connectivity index (χ0n) is 11.6. The van der Waals surface area contributed by atoms with Crippen molar-refractivity contribution in [3.8, 4) is 0 Å². The summed E-state index contributed by atoms with van der Waals surface area (Å²) in [7, 11) is 1.41. The molecule has 2 aromatic rings. The molecule has 0 atom stereocenters. The number of nitro groups is 2. The van der Waals surface area contributed by atoms with Crippen molar-refractivity contribution in [1.29, 1.82) is 0 Å². The third kappa shape index (κ3) is 2.75. The molecular weight excluding hydrogens is 294 g/mol. The second kappa shape index (κ2) is 5.60. The largest absolute Gasteiger partial charge is 0.320 e. The molecule has 0 radical (unpaired) electrons. The molecule has 1 aromatic carbocycles. The van der Waals surface area contributed by atoms with Crippen molar-refractivity contribution < 1.29 is 14.6 Å². The quantitative estimate of drug-likeness (QED) is 0.676. The van der Waals surface area contributed by atoms with Crippen LogP contribution < -0.4 is 5.32 Å². The number of nitro benzene ring substituents is 1. The lowest BCUT2D eigenvalue weighted by molar-refractivity contribution is -0.385. The third-order valence-electron chi connectivity index (χ3n) is 3.00. The van der Waals surface area contributed by atoms with E-state index in [1.54, 1.807) is 6.92 Å². The molecule has 0 aliphatic carbocycles. The molecule has 2 rings (SSSR count). The summed E-state index contributed by atoms with van der Waals surface area (Å²) in [5.41, 5.74) is 0.0581. The van der Waals surface area contributed by atoms with E-state index in [1.165, 1.54) is 25.2 Å². The maximum Gasteiger partial charge on any atom is 0.320 e. The van der Waals surface area contributed by atoms with Crippen molar-refractivity contribution in [1.82, 2.24) is 9.78 Å². The number of non-ortho nitro benzene ring substituents is 1. The van der Waals surface area contributed by atoms with Crippen LogP contribution in [0.3, 0.4) is 0 Å². The van der Waals surface area contributed by atoms with Crippen LogP contribution >= 0.6 is 0 Å². The summed E-state index contributed by atoms with van der Waals surface area (Å²) in [6.45, 7) is 1.58. The molecule has 0 spiro atoms. The van der Waals surface area contributed by atoms with E-state index >= 15 is 0 Å². The molecule has 1 N–H and O–H groups in total. The fourth-order valence-corrected chi connectivity index (χ4v) is 1.91. The number of benzene rings is 1. The number of aromatic nitrogens is 2. The summed E-state index contributed by atoms with van der Waals surface area (Å²) in [5, 5.41) is 27.7. The number of hydrogen-bond acceptors (Lipinski definition) is 6. The Morgan fingerprint density at radius 2 is 1.95 bits per heavy atom. The fraction of sp³-hybridized carbons (Fsp3) is 0.167. The summed E-state index contributed by atoms with van der Waals surface area (Å²) in [4.78, 5) is 32.5. The highest BCUT2D eigenvalue weighted by Crippen LogP contribution is 2.23. The van der Waals surface area contributed by atoms with Crippen LogP contribution in [0, 0.1) is 27.2 Å². The van der Waals surface area contributed by atoms with Crippen LogP contribution in [-0.4, -0.2) is 25.5 Å². The van der Waals surface area contributed by atoms with Gasteiger partial charge in [0.1, 0.15) is 6.20 Å². The maximum absolute atomic E-state index is 12.2. The lowest BCUT2D eigenvalue weighted by Gasteiger charge is -2.08. The van der Waals surface area contributed by atoms with Crippen molar-refractivity contribution in [2.45, 2.75) is 6.92 Å². The van der Waals surface area contributed by atoms with E-state index in [4.69, 9.17) is 0 Å². The van der Waals surface area contributed by atoms with Gasteiger partial charge in [-0.25, -0.2) is 0 Å². The van der Waals surface area contributed by atoms with Crippen molar-refractivity contribution >= 4 is 23.0 Å². The first-order valence-electron chi connectivity index (χ1n) is 6.04. The Hall–Kier alpha value is -3.30. The molecule has 0 saturated heterocycles. The van der Waals surface area contributed by atoms with Gasteiger partial charge in [0.2, 0.25) is 5.69 Å². The zero-order valence-corrected chi connectivity index (χ0v) is 11.6. The summed E-state index contributed by atoms with van der Waals surface area (Å²) in [6.07, 6.45) is 0.984. The summed E-state index contributed by atoms with van der Waals surface area (Å²) in [6, 6.07) is 3.90. The normalized spacial score (nSPS) is 10.3. The highest BCUT2D eigenvalue weighted by Gasteiger charge is 2.26. The molecule has 0 aliphatic rings. The van der Waals surface area contributed by atoms with Gasteiger partial charge in [-0.3, -0.25) is 29.7 Å². The minimum atomic E-state index is -0.719. The van der Waals surface area contributed by atoms with E-state index in [1.807, 2.05) is 0 Å². The molecule has 1 aromatic heterocycles. The van der Waals surface area contributed by atoms with Gasteiger partial charge in [-0.1, -0.05) is 0 Å². The van der Waals surface area contributed by atoms with Gasteiger partial charge in [0.05, 0.1) is 9.85 Å². The number of aryl methyl sites for hydroxylation is 2. The molecule has 0 unspecified atom stereocenters. The van der Waals surface area contributed by atoms with E-state index in [9.17, 15) is 25.0 Å². The molecule has 114 valence electrons. The van der Waals surface area contributed by atoms with Gasteiger partial charge in [0.15, 0.2) is 0 Å². The van der Waals surface area contributed by atoms with Gasteiger partial charge in [-0.05, 0) is 18.6 Å². The average molecular weight is 305 g/mol. The first kappa shape index (κ1) is 15.1. The molecule has 1 amide bonds. The standard InChI is InChI=1S/C12H11N5O5/c1-7-5-8(16(19)20)3-4-9(7)14-12(18)11-10(17(21)22)6-13-15(11)2/h3-6H,1-2H3,(H,14,18). The number of carbonyl (C=O) groups excluding carboxylic acids is 1. The van der Waals surface area contributed by atoms with E-state index in [-0.39, 0.29) is 11.4 Å². The van der Waals surface area contributed by atoms with E-state index in [2.05, 4.69) is 10.4 Å². The Morgan fingerprint density at radius 3 is 2.50 bits per heavy atom. The summed E-state index contributed by atoms with van der Waals surface area (Å²) in [5.74, 6) is -0.719. The zero-order chi connectivity index (χ0) is 16.4. The Labute approximate surface area is 123 Å². The second-order valence-electron chi connectivity index (χ2n) is 4.47. The van der Waals surface area contributed by atoms with Gasteiger partial charge in [-0.2, -0.15) is 5.10 Å². The number of nitrogens with one attached hydrogen (secondary N) is 1. The second-order valence-corrected chi connectivity index (χ2v) is 4.47. The van der Waals surface area contributed by atoms with Gasteiger partial charge in [0.25, 0.3) is 11.6 Å². The molecule has 1 heterocycles. The van der Waals surface area contributed by atoms with Crippen LogP contribution in [0.2, 0.25) is 0 Å². The monoisotopic (exact) mass is 305 g/mol. The number of hydrogen-bond donors (Lipinski definition) is 1. The number of anilines is 1. The van der Waals surface area contributed by atoms with Crippen LogP contribution in [0.25, 0.3) is 0 Å². The van der Waals surface area contributed by atoms with Crippen LogP contribution in [0.1, 0.15) is 16.1 Å². The Balaban J connectivity index is 2.32. The first-order chi connectivity index (χ1) is 10.3. The van der Waals surface area contributed by atoms with E-state index in [0.29, 0.717) is 11.3 Å². The van der Waals surface area contributed by atoms with Gasteiger partial charge in [-0.15, -0.1) is 0 Å². The summed E-state index contributed by atoms with van der Waals surface area (Å²) < 4.78 is 1.09. The molecule has 10 heteroatoms. The number of amides is 1. The smallest absolute Gasteiger partial charge is 0.320 e. The molecule has 22 heavy (non-hydrogen) atoms. The van der Waals surface area contributed by atoms with Crippen molar-refractivity contribution in [3.05, 3.63) is 55.9 Å². The third-order valence-corrected chi connectivity index (χ3v) is 3.00. The Bertz CT molecular complexity index is 782. The maximum atomic E-state index is 12.2. The van der Waals surface area contributed by atoms with Crippen LogP contribution in [0.15, 0.2) is 24.4 Å². The van der Waals surface area contributed by atoms with Crippen molar-refractivity contribution in [2.75, 3.05) is 5.32 Å². The highest BCUT2D eigenvalue weighted by atomic mass is 16.6. The molecule has 0 fully saturated rings. The van der Waals surface area contributed by atoms with Crippen LogP contribution in [0.4, 0.5) is 17.1 Å². The van der Waals surface area contributed by atoms with Gasteiger partial charge < -0.3 is 5.32 Å². The van der Waals surface area contributed by atoms with Gasteiger partial charge >= 0.3 is 5.69 Å². The number of carbonyl (C=O) groups is 1. The topological polar surface area (TPSA) is 133 Å². The van der Waals surface area contributed by atoms with Gasteiger partial charge in [0, 0.05) is 24.9 Å². The first-order valence-corrected chi connectivity index (χ1v) is 6.04. The van der Waals surface area contributed by atoms with E-state index in [0.717, 1.165) is 10.9 Å². The minimum Gasteiger partial charge on any atom is -0.320 e. The Morgan fingerprint density at radius 1 is 1.27 bits per heavy atom. The van der Waals surface area contributed by atoms with Crippen molar-refractivity contribution in [3.63, 3.8) is 0 Å². The van der Waals surface area contributed by atoms with Crippen molar-refractivity contribution in [2.24, 2.45) is 7.05 Å². The number of nitrogens with zero attached hydrogens (tertiary/aromatic N) is 4. The van der Waals surface area contributed by atoms with E-state index < -0.39 is 21.4 Å². The SMILES string of the molecule is Cc1cc([N+](=O)[O-])ccc1NC(=O)c1c([N+](=O)[O-])cnn1C. The molecule has 0 saturated carbocycles. The minimum absolute atomic E-state index is 0.109. The lowest BCUT2D eigenvalue weighted by atomic mass is 10.1. The predicted octanol–water partition coefficient (Wildman–Crippen LogP) is 1.80. The highest BCUT2D eigenvalue weighted by molar-refractivity contribution is 6.06. The molecule has 0 aliphatic heterocycles. The van der Waals surface area contributed by atoms with Crippen LogP contribution in [0.5, 0.6) is 0 Å². The number of rotatable bonds is 4. The fourth-order valence-electron chi connectivity index (χ4n) is 1.91. The molecular formula is C12H11N5O5. The lowest BCUT2D eigenvalue weighted by Crippen LogP contribution is -2.18. The van der Waals surface area contributed by atoms with Crippen LogP contribution in [-0.2, 0) is 7.05 Å². The predicted molar refractivity (Wildman–Crippen MR) is 75.6 cm³/mol. The molecule has 10 nitrogen and oxygen atoms in total. The summed E-state index contributed by atoms with van der Waals surface area (Å²) >= 11 is 0. The molecule has 0 bridgehead atoms.